The number of nitrogens with two attached hydrogens (primary N) is 1. The van der Waals surface area contributed by atoms with Crippen LogP contribution in [0.1, 0.15) is 5.56 Å². The Morgan fingerprint density at radius 2 is 1.85 bits per heavy atom. The fourth-order valence-electron chi connectivity index (χ4n) is 4.01. The van der Waals surface area contributed by atoms with Crippen molar-refractivity contribution in [2.45, 2.75) is 6.42 Å². The molecule has 0 spiro atoms. The second-order valence-corrected chi connectivity index (χ2v) is 9.89. The number of sulfonamides is 1. The number of aromatic nitrogens is 1. The Bertz CT molecular complexity index is 1220. The van der Waals surface area contributed by atoms with Gasteiger partial charge in [0.2, 0.25) is 10.0 Å². The lowest BCUT2D eigenvalue weighted by atomic mass is 10.1. The number of amides is 1. The summed E-state index contributed by atoms with van der Waals surface area (Å²) in [5, 5.41) is 1.07. The molecule has 3 aromatic rings. The van der Waals surface area contributed by atoms with E-state index < -0.39 is 10.0 Å². The summed E-state index contributed by atoms with van der Waals surface area (Å²) < 4.78 is 30.9. The van der Waals surface area contributed by atoms with Gasteiger partial charge in [-0.2, -0.15) is 0 Å². The third-order valence-corrected chi connectivity index (χ3v) is 6.29. The van der Waals surface area contributed by atoms with Crippen LogP contribution in [0.15, 0.2) is 48.7 Å². The molecule has 2 aromatic carbocycles. The largest absolute Gasteiger partial charge is 0.484 e. The van der Waals surface area contributed by atoms with E-state index in [2.05, 4.69) is 14.6 Å². The third-order valence-electron chi connectivity index (χ3n) is 5.68. The van der Waals surface area contributed by atoms with E-state index in [1.54, 1.807) is 12.1 Å². The fraction of sp³-hybridized carbons (Fsp3) is 0.348. The van der Waals surface area contributed by atoms with Gasteiger partial charge in [0.15, 0.2) is 6.61 Å². The van der Waals surface area contributed by atoms with E-state index >= 15 is 0 Å². The molecule has 176 valence electrons. The Morgan fingerprint density at radius 3 is 2.52 bits per heavy atom. The number of ether oxygens (including phenoxy) is 1. The van der Waals surface area contributed by atoms with Gasteiger partial charge in [-0.25, -0.2) is 8.42 Å². The monoisotopic (exact) mass is 471 g/mol. The zero-order valence-electron chi connectivity index (χ0n) is 18.6. The van der Waals surface area contributed by atoms with Gasteiger partial charge in [0.1, 0.15) is 5.75 Å². The van der Waals surface area contributed by atoms with Gasteiger partial charge in [0.05, 0.1) is 6.26 Å². The number of H-pyrrole nitrogens is 1. The maximum absolute atomic E-state index is 12.7. The molecule has 1 fully saturated rings. The Morgan fingerprint density at radius 1 is 1.12 bits per heavy atom. The highest BCUT2D eigenvalue weighted by molar-refractivity contribution is 7.92. The van der Waals surface area contributed by atoms with Crippen molar-refractivity contribution in [1.82, 2.24) is 9.88 Å². The van der Waals surface area contributed by atoms with Crippen LogP contribution in [-0.4, -0.2) is 69.8 Å². The summed E-state index contributed by atoms with van der Waals surface area (Å²) in [7, 11) is -3.30. The topological polar surface area (TPSA) is 121 Å². The van der Waals surface area contributed by atoms with Gasteiger partial charge in [-0.05, 0) is 61.0 Å². The second kappa shape index (κ2) is 9.72. The van der Waals surface area contributed by atoms with Gasteiger partial charge >= 0.3 is 0 Å². The molecular formula is C23H29N5O4S. The third kappa shape index (κ3) is 5.77. The summed E-state index contributed by atoms with van der Waals surface area (Å²) in [6, 6.07) is 13.0. The van der Waals surface area contributed by atoms with Gasteiger partial charge in [-0.3, -0.25) is 9.52 Å². The first kappa shape index (κ1) is 22.9. The lowest BCUT2D eigenvalue weighted by Gasteiger charge is -2.36. The number of nitrogens with one attached hydrogen (secondary N) is 2. The van der Waals surface area contributed by atoms with Crippen molar-refractivity contribution < 1.29 is 17.9 Å². The van der Waals surface area contributed by atoms with Gasteiger partial charge < -0.3 is 25.3 Å². The van der Waals surface area contributed by atoms with Crippen molar-refractivity contribution in [3.8, 4) is 5.75 Å². The summed E-state index contributed by atoms with van der Waals surface area (Å²) in [4.78, 5) is 19.9. The highest BCUT2D eigenvalue weighted by Gasteiger charge is 2.22. The molecular weight excluding hydrogens is 442 g/mol. The number of nitrogens with zero attached hydrogens (tertiary/aromatic N) is 2. The number of piperazine rings is 1. The molecule has 0 saturated carbocycles. The Balaban J connectivity index is 1.29. The van der Waals surface area contributed by atoms with Crippen LogP contribution in [0.25, 0.3) is 10.9 Å². The van der Waals surface area contributed by atoms with E-state index in [4.69, 9.17) is 10.5 Å². The van der Waals surface area contributed by atoms with E-state index in [9.17, 15) is 13.2 Å². The van der Waals surface area contributed by atoms with E-state index in [1.807, 2.05) is 41.4 Å². The van der Waals surface area contributed by atoms with E-state index in [0.717, 1.165) is 34.8 Å². The van der Waals surface area contributed by atoms with Gasteiger partial charge in [-0.15, -0.1) is 0 Å². The van der Waals surface area contributed by atoms with E-state index in [-0.39, 0.29) is 12.5 Å². The predicted octanol–water partition coefficient (Wildman–Crippen LogP) is 1.77. The zero-order valence-corrected chi connectivity index (χ0v) is 19.4. The zero-order chi connectivity index (χ0) is 23.4. The van der Waals surface area contributed by atoms with Crippen LogP contribution in [0.5, 0.6) is 5.75 Å². The van der Waals surface area contributed by atoms with Crippen LogP contribution >= 0.6 is 0 Å². The van der Waals surface area contributed by atoms with Gasteiger partial charge in [0.25, 0.3) is 5.91 Å². The van der Waals surface area contributed by atoms with Crippen LogP contribution in [0.2, 0.25) is 0 Å². The predicted molar refractivity (Wildman–Crippen MR) is 130 cm³/mol. The number of aromatic amines is 1. The lowest BCUT2D eigenvalue weighted by Crippen LogP contribution is -2.50. The minimum atomic E-state index is -3.30. The van der Waals surface area contributed by atoms with Crippen molar-refractivity contribution in [2.24, 2.45) is 5.73 Å². The maximum atomic E-state index is 12.7. The summed E-state index contributed by atoms with van der Waals surface area (Å²) >= 11 is 0. The van der Waals surface area contributed by atoms with Crippen LogP contribution in [0.4, 0.5) is 11.4 Å². The van der Waals surface area contributed by atoms with Crippen molar-refractivity contribution in [3.63, 3.8) is 0 Å². The number of fused-ring (bicyclic) bond motifs is 1. The number of anilines is 2. The van der Waals surface area contributed by atoms with Gasteiger partial charge in [-0.1, -0.05) is 0 Å². The van der Waals surface area contributed by atoms with Crippen molar-refractivity contribution in [2.75, 3.05) is 55.2 Å². The first-order chi connectivity index (χ1) is 15.8. The minimum absolute atomic E-state index is 0.00594. The van der Waals surface area contributed by atoms with Crippen molar-refractivity contribution in [1.29, 1.82) is 0 Å². The van der Waals surface area contributed by atoms with Crippen LogP contribution in [0.3, 0.4) is 0 Å². The molecule has 1 saturated heterocycles. The molecule has 1 amide bonds. The quantitative estimate of drug-likeness (QED) is 0.460. The number of hydrogen-bond acceptors (Lipinski definition) is 6. The first-order valence-corrected chi connectivity index (χ1v) is 12.7. The average Bonchev–Trinajstić information content (AvgIpc) is 3.19. The van der Waals surface area contributed by atoms with Crippen LogP contribution in [0, 0.1) is 0 Å². The van der Waals surface area contributed by atoms with Crippen molar-refractivity contribution in [3.05, 3.63) is 54.2 Å². The van der Waals surface area contributed by atoms with E-state index in [0.29, 0.717) is 44.2 Å². The van der Waals surface area contributed by atoms with Crippen molar-refractivity contribution >= 4 is 38.2 Å². The number of rotatable bonds is 8. The number of carbonyl (C=O) groups is 1. The SMILES string of the molecule is CS(=O)(=O)Nc1ccc(N2CCN(C(=O)COc3ccc4[nH]cc(CCN)c4c3)CC2)cc1. The molecule has 1 aliphatic heterocycles. The standard InChI is InChI=1S/C23H29N5O4S/c1-33(30,31)26-18-2-4-19(5-3-18)27-10-12-28(13-11-27)23(29)16-32-20-6-7-22-21(14-20)17(8-9-24)15-25-22/h2-7,14-15,25-26H,8-13,16,24H2,1H3. The first-order valence-electron chi connectivity index (χ1n) is 10.9. The molecule has 0 bridgehead atoms. The molecule has 2 heterocycles. The van der Waals surface area contributed by atoms with E-state index in [1.165, 1.54) is 0 Å². The molecule has 1 aromatic heterocycles. The molecule has 0 atom stereocenters. The summed E-state index contributed by atoms with van der Waals surface area (Å²) in [5.41, 5.74) is 9.36. The molecule has 4 rings (SSSR count). The Labute approximate surface area is 193 Å². The molecule has 0 aliphatic carbocycles. The number of carbonyl (C=O) groups excluding carboxylic acids is 1. The lowest BCUT2D eigenvalue weighted by molar-refractivity contribution is -0.133. The summed E-state index contributed by atoms with van der Waals surface area (Å²) in [6.07, 6.45) is 3.86. The molecule has 0 radical (unpaired) electrons. The molecule has 0 unspecified atom stereocenters. The smallest absolute Gasteiger partial charge is 0.260 e. The number of benzene rings is 2. The van der Waals surface area contributed by atoms with Crippen LogP contribution in [-0.2, 0) is 21.2 Å². The normalized spacial score (nSPS) is 14.5. The molecule has 10 heteroatoms. The average molecular weight is 472 g/mol. The highest BCUT2D eigenvalue weighted by Crippen LogP contribution is 2.24. The molecule has 33 heavy (non-hydrogen) atoms. The molecule has 9 nitrogen and oxygen atoms in total. The minimum Gasteiger partial charge on any atom is -0.484 e. The van der Waals surface area contributed by atoms with Gasteiger partial charge in [0, 0.05) is 54.7 Å². The summed E-state index contributed by atoms with van der Waals surface area (Å²) in [5.74, 6) is 0.619. The molecule has 1 aliphatic rings. The van der Waals surface area contributed by atoms with Crippen LogP contribution < -0.4 is 20.1 Å². The maximum Gasteiger partial charge on any atom is 0.260 e. The Hall–Kier alpha value is -3.24. The second-order valence-electron chi connectivity index (χ2n) is 8.14. The number of hydrogen-bond donors (Lipinski definition) is 3. The fourth-order valence-corrected chi connectivity index (χ4v) is 4.58. The highest BCUT2D eigenvalue weighted by atomic mass is 32.2. The molecule has 4 N–H and O–H groups in total. The Kier molecular flexibility index (Phi) is 6.75. The summed E-state index contributed by atoms with van der Waals surface area (Å²) in [6.45, 7) is 3.16.